The van der Waals surface area contributed by atoms with Gasteiger partial charge >= 0.3 is 5.97 Å². The second kappa shape index (κ2) is 5.01. The van der Waals surface area contributed by atoms with Crippen LogP contribution in [0.15, 0.2) is 36.7 Å². The highest BCUT2D eigenvalue weighted by atomic mass is 35.5. The summed E-state index contributed by atoms with van der Waals surface area (Å²) in [6.45, 7) is 0. The van der Waals surface area contributed by atoms with Crippen LogP contribution in [0.2, 0.25) is 5.02 Å². The summed E-state index contributed by atoms with van der Waals surface area (Å²) in [4.78, 5) is 14.8. The minimum Gasteiger partial charge on any atom is -0.478 e. The Hall–Kier alpha value is -2.14. The van der Waals surface area contributed by atoms with Crippen molar-refractivity contribution in [3.8, 4) is 0 Å². The number of carbonyl (C=O) groups is 1. The third-order valence-electron chi connectivity index (χ3n) is 2.25. The van der Waals surface area contributed by atoms with Gasteiger partial charge in [0.1, 0.15) is 5.82 Å². The molecule has 0 unspecified atom stereocenters. The van der Waals surface area contributed by atoms with Gasteiger partial charge in [-0.25, -0.2) is 9.18 Å². The van der Waals surface area contributed by atoms with E-state index in [0.717, 1.165) is 0 Å². The fraction of sp³-hybridized carbons (Fsp3) is 0. The molecule has 4 nitrogen and oxygen atoms in total. The first-order chi connectivity index (χ1) is 8.58. The zero-order valence-corrected chi connectivity index (χ0v) is 9.78. The highest BCUT2D eigenvalue weighted by molar-refractivity contribution is 6.30. The van der Waals surface area contributed by atoms with Crippen LogP contribution in [0.5, 0.6) is 0 Å². The minimum absolute atomic E-state index is 0.00405. The Morgan fingerprint density at radius 1 is 1.33 bits per heavy atom. The van der Waals surface area contributed by atoms with Crippen LogP contribution in [0.4, 0.5) is 15.8 Å². The third kappa shape index (κ3) is 2.57. The number of hydrogen-bond acceptors (Lipinski definition) is 3. The van der Waals surface area contributed by atoms with Crippen molar-refractivity contribution in [2.75, 3.05) is 5.32 Å². The molecule has 0 atom stereocenters. The molecule has 0 amide bonds. The molecule has 0 radical (unpaired) electrons. The zero-order valence-electron chi connectivity index (χ0n) is 9.02. The van der Waals surface area contributed by atoms with Gasteiger partial charge in [-0.1, -0.05) is 11.6 Å². The van der Waals surface area contributed by atoms with Gasteiger partial charge in [0.25, 0.3) is 0 Å². The van der Waals surface area contributed by atoms with E-state index in [9.17, 15) is 9.18 Å². The van der Waals surface area contributed by atoms with Crippen LogP contribution >= 0.6 is 11.6 Å². The quantitative estimate of drug-likeness (QED) is 0.895. The molecule has 1 aromatic heterocycles. The first kappa shape index (κ1) is 12.3. The lowest BCUT2D eigenvalue weighted by atomic mass is 10.2. The summed E-state index contributed by atoms with van der Waals surface area (Å²) in [6, 6.07) is 5.30. The van der Waals surface area contributed by atoms with Crippen molar-refractivity contribution in [1.82, 2.24) is 4.98 Å². The van der Waals surface area contributed by atoms with Crippen molar-refractivity contribution in [1.29, 1.82) is 0 Å². The highest BCUT2D eigenvalue weighted by Gasteiger charge is 2.11. The molecule has 18 heavy (non-hydrogen) atoms. The molecule has 0 aliphatic rings. The molecule has 1 heterocycles. The molecular formula is C12H8ClFN2O2. The van der Waals surface area contributed by atoms with Crippen LogP contribution in [0.3, 0.4) is 0 Å². The van der Waals surface area contributed by atoms with E-state index in [-0.39, 0.29) is 16.9 Å². The van der Waals surface area contributed by atoms with Gasteiger partial charge < -0.3 is 10.4 Å². The number of nitrogens with one attached hydrogen (secondary N) is 1. The molecule has 2 rings (SSSR count). The molecule has 2 aromatic rings. The van der Waals surface area contributed by atoms with E-state index in [4.69, 9.17) is 16.7 Å². The fourth-order valence-corrected chi connectivity index (χ4v) is 1.59. The Kier molecular flexibility index (Phi) is 3.43. The third-order valence-corrected chi connectivity index (χ3v) is 2.48. The lowest BCUT2D eigenvalue weighted by Gasteiger charge is -2.09. The number of aromatic nitrogens is 1. The second-order valence-electron chi connectivity index (χ2n) is 3.48. The molecule has 0 saturated heterocycles. The van der Waals surface area contributed by atoms with Crippen LogP contribution in [0.1, 0.15) is 10.4 Å². The molecule has 0 fully saturated rings. The van der Waals surface area contributed by atoms with Gasteiger partial charge in [0.05, 0.1) is 23.1 Å². The number of nitrogens with zero attached hydrogens (tertiary/aromatic N) is 1. The predicted octanol–water partition coefficient (Wildman–Crippen LogP) is 3.32. The number of carboxylic acid groups (broad SMARTS) is 1. The average molecular weight is 267 g/mol. The van der Waals surface area contributed by atoms with E-state index in [1.807, 2.05) is 0 Å². The number of pyridine rings is 1. The van der Waals surface area contributed by atoms with Crippen LogP contribution < -0.4 is 5.32 Å². The molecule has 0 aliphatic heterocycles. The lowest BCUT2D eigenvalue weighted by molar-refractivity contribution is 0.0698. The first-order valence-corrected chi connectivity index (χ1v) is 5.35. The molecule has 0 bridgehead atoms. The molecule has 2 N–H and O–H groups in total. The smallest absolute Gasteiger partial charge is 0.337 e. The number of benzene rings is 1. The van der Waals surface area contributed by atoms with Crippen molar-refractivity contribution < 1.29 is 14.3 Å². The molecular weight excluding hydrogens is 259 g/mol. The molecule has 0 spiro atoms. The maximum atomic E-state index is 13.5. The van der Waals surface area contributed by atoms with Crippen molar-refractivity contribution in [2.45, 2.75) is 0 Å². The summed E-state index contributed by atoms with van der Waals surface area (Å²) >= 11 is 5.75. The Morgan fingerprint density at radius 2 is 2.11 bits per heavy atom. The van der Waals surface area contributed by atoms with Gasteiger partial charge in [0, 0.05) is 11.2 Å². The van der Waals surface area contributed by atoms with E-state index < -0.39 is 11.8 Å². The average Bonchev–Trinajstić information content (AvgIpc) is 2.34. The van der Waals surface area contributed by atoms with E-state index in [1.165, 1.54) is 36.7 Å². The summed E-state index contributed by atoms with van der Waals surface area (Å²) in [5.41, 5.74) is 0.300. The second-order valence-corrected chi connectivity index (χ2v) is 3.91. The van der Waals surface area contributed by atoms with Crippen molar-refractivity contribution in [3.63, 3.8) is 0 Å². The van der Waals surface area contributed by atoms with E-state index in [0.29, 0.717) is 5.02 Å². The zero-order chi connectivity index (χ0) is 13.1. The van der Waals surface area contributed by atoms with Gasteiger partial charge in [0.15, 0.2) is 0 Å². The topological polar surface area (TPSA) is 62.2 Å². The maximum absolute atomic E-state index is 13.5. The normalized spacial score (nSPS) is 10.1. The van der Waals surface area contributed by atoms with Gasteiger partial charge in [-0.3, -0.25) is 4.98 Å². The summed E-state index contributed by atoms with van der Waals surface area (Å²) in [6.07, 6.45) is 2.66. The number of anilines is 2. The summed E-state index contributed by atoms with van der Waals surface area (Å²) in [7, 11) is 0. The molecule has 1 aromatic carbocycles. The molecule has 0 saturated carbocycles. The Morgan fingerprint density at radius 3 is 2.83 bits per heavy atom. The fourth-order valence-electron chi connectivity index (χ4n) is 1.42. The summed E-state index contributed by atoms with van der Waals surface area (Å²) < 4.78 is 13.5. The number of hydrogen-bond donors (Lipinski definition) is 2. The molecule has 92 valence electrons. The molecule has 6 heteroatoms. The van der Waals surface area contributed by atoms with E-state index in [2.05, 4.69) is 10.3 Å². The van der Waals surface area contributed by atoms with Crippen molar-refractivity contribution >= 4 is 28.9 Å². The Balaban J connectivity index is 2.40. The largest absolute Gasteiger partial charge is 0.478 e. The number of aromatic carboxylic acids is 1. The van der Waals surface area contributed by atoms with Crippen LogP contribution in [0.25, 0.3) is 0 Å². The van der Waals surface area contributed by atoms with Gasteiger partial charge in [-0.05, 0) is 24.3 Å². The Bertz CT molecular complexity index is 604. The van der Waals surface area contributed by atoms with Crippen LogP contribution in [-0.4, -0.2) is 16.1 Å². The van der Waals surface area contributed by atoms with E-state index >= 15 is 0 Å². The van der Waals surface area contributed by atoms with Gasteiger partial charge in [-0.15, -0.1) is 0 Å². The predicted molar refractivity (Wildman–Crippen MR) is 65.9 cm³/mol. The first-order valence-electron chi connectivity index (χ1n) is 4.97. The van der Waals surface area contributed by atoms with Crippen LogP contribution in [0, 0.1) is 5.82 Å². The Labute approximate surface area is 107 Å². The highest BCUT2D eigenvalue weighted by Crippen LogP contribution is 2.25. The summed E-state index contributed by atoms with van der Waals surface area (Å²) in [5, 5.41) is 12.0. The molecule has 0 aliphatic carbocycles. The minimum atomic E-state index is -1.12. The lowest BCUT2D eigenvalue weighted by Crippen LogP contribution is -2.04. The standard InChI is InChI=1S/C12H8ClFN2O2/c13-7-1-2-9(14)10(5-7)16-11-6-15-4-3-8(11)12(17)18/h1-6,16H,(H,17,18). The van der Waals surface area contributed by atoms with Crippen molar-refractivity contribution in [2.24, 2.45) is 0 Å². The summed E-state index contributed by atoms with van der Waals surface area (Å²) in [5.74, 6) is -1.65. The van der Waals surface area contributed by atoms with Crippen LogP contribution in [-0.2, 0) is 0 Å². The number of halogens is 2. The van der Waals surface area contributed by atoms with Crippen molar-refractivity contribution in [3.05, 3.63) is 53.1 Å². The SMILES string of the molecule is O=C(O)c1ccncc1Nc1cc(Cl)ccc1F. The number of carboxylic acids is 1. The number of rotatable bonds is 3. The monoisotopic (exact) mass is 266 g/mol. The van der Waals surface area contributed by atoms with Gasteiger partial charge in [-0.2, -0.15) is 0 Å². The van der Waals surface area contributed by atoms with E-state index in [1.54, 1.807) is 0 Å². The maximum Gasteiger partial charge on any atom is 0.337 e. The van der Waals surface area contributed by atoms with Gasteiger partial charge in [0.2, 0.25) is 0 Å².